The number of amides is 1. The highest BCUT2D eigenvalue weighted by atomic mass is 16.5. The van der Waals surface area contributed by atoms with Gasteiger partial charge in [-0.25, -0.2) is 0 Å². The normalized spacial score (nSPS) is 22.7. The molecule has 1 saturated heterocycles. The average molecular weight is 254 g/mol. The van der Waals surface area contributed by atoms with Crippen LogP contribution >= 0.6 is 0 Å². The summed E-state index contributed by atoms with van der Waals surface area (Å²) in [5.74, 6) is 1.63. The Kier molecular flexibility index (Phi) is 5.45. The predicted molar refractivity (Wildman–Crippen MR) is 71.4 cm³/mol. The molecule has 104 valence electrons. The van der Waals surface area contributed by atoms with Crippen molar-refractivity contribution in [2.24, 2.45) is 11.8 Å². The molecular formula is C14H26N2O2. The topological polar surface area (TPSA) is 50.4 Å². The number of rotatable bonds is 7. The molecule has 18 heavy (non-hydrogen) atoms. The molecule has 0 aromatic rings. The van der Waals surface area contributed by atoms with Gasteiger partial charge in [-0.1, -0.05) is 6.92 Å². The van der Waals surface area contributed by atoms with Gasteiger partial charge < -0.3 is 15.4 Å². The smallest absolute Gasteiger partial charge is 0.222 e. The molecule has 1 saturated carbocycles. The first-order valence-electron chi connectivity index (χ1n) is 7.34. The zero-order chi connectivity index (χ0) is 12.8. The van der Waals surface area contributed by atoms with E-state index in [4.69, 9.17) is 4.74 Å². The summed E-state index contributed by atoms with van der Waals surface area (Å²) in [6, 6.07) is 0. The Morgan fingerprint density at radius 2 is 2.06 bits per heavy atom. The molecule has 1 unspecified atom stereocenters. The van der Waals surface area contributed by atoms with E-state index in [9.17, 15) is 4.79 Å². The lowest BCUT2D eigenvalue weighted by molar-refractivity contribution is -0.122. The molecule has 0 aromatic carbocycles. The van der Waals surface area contributed by atoms with Crippen molar-refractivity contribution in [2.45, 2.75) is 45.1 Å². The molecule has 2 rings (SSSR count). The number of piperidine rings is 1. The highest BCUT2D eigenvalue weighted by Gasteiger charge is 2.27. The Bertz CT molecular complexity index is 261. The van der Waals surface area contributed by atoms with Crippen LogP contribution in [0.5, 0.6) is 0 Å². The van der Waals surface area contributed by atoms with Crippen LogP contribution in [0.4, 0.5) is 0 Å². The molecule has 4 heteroatoms. The van der Waals surface area contributed by atoms with Gasteiger partial charge >= 0.3 is 0 Å². The van der Waals surface area contributed by atoms with Crippen LogP contribution in [0.1, 0.15) is 39.0 Å². The van der Waals surface area contributed by atoms with E-state index in [1.165, 1.54) is 12.8 Å². The predicted octanol–water partition coefficient (Wildman–Crippen LogP) is 1.31. The van der Waals surface area contributed by atoms with Crippen LogP contribution in [0, 0.1) is 11.8 Å². The van der Waals surface area contributed by atoms with Gasteiger partial charge in [-0.15, -0.1) is 0 Å². The maximum atomic E-state index is 11.6. The maximum absolute atomic E-state index is 11.6. The van der Waals surface area contributed by atoms with Crippen LogP contribution in [-0.2, 0) is 9.53 Å². The van der Waals surface area contributed by atoms with E-state index in [1.807, 2.05) is 0 Å². The zero-order valence-corrected chi connectivity index (χ0v) is 11.4. The molecule has 0 bridgehead atoms. The Morgan fingerprint density at radius 3 is 2.72 bits per heavy atom. The monoisotopic (exact) mass is 254 g/mol. The number of carbonyl (C=O) groups is 1. The zero-order valence-electron chi connectivity index (χ0n) is 11.4. The molecule has 1 aliphatic carbocycles. The van der Waals surface area contributed by atoms with Crippen molar-refractivity contribution in [3.63, 3.8) is 0 Å². The van der Waals surface area contributed by atoms with Crippen molar-refractivity contribution in [2.75, 3.05) is 26.2 Å². The highest BCUT2D eigenvalue weighted by Crippen LogP contribution is 2.36. The number of hydrogen-bond acceptors (Lipinski definition) is 3. The number of hydrogen-bond donors (Lipinski definition) is 2. The molecule has 1 aliphatic heterocycles. The van der Waals surface area contributed by atoms with E-state index >= 15 is 0 Å². The number of nitrogens with one attached hydrogen (secondary N) is 2. The third kappa shape index (κ3) is 4.94. The fraction of sp³-hybridized carbons (Fsp3) is 0.929. The van der Waals surface area contributed by atoms with Crippen LogP contribution < -0.4 is 10.6 Å². The van der Waals surface area contributed by atoms with Gasteiger partial charge in [0.2, 0.25) is 5.91 Å². The second-order valence-corrected chi connectivity index (χ2v) is 5.69. The van der Waals surface area contributed by atoms with Gasteiger partial charge in [0.15, 0.2) is 0 Å². The van der Waals surface area contributed by atoms with Gasteiger partial charge in [-0.05, 0) is 50.6 Å². The molecule has 2 aliphatic rings. The minimum absolute atomic E-state index is 0.136. The largest absolute Gasteiger partial charge is 0.378 e. The van der Waals surface area contributed by atoms with Crippen LogP contribution in [0.25, 0.3) is 0 Å². The van der Waals surface area contributed by atoms with Gasteiger partial charge in [0.25, 0.3) is 0 Å². The van der Waals surface area contributed by atoms with E-state index in [0.29, 0.717) is 25.0 Å². The minimum atomic E-state index is 0.136. The highest BCUT2D eigenvalue weighted by molar-refractivity contribution is 5.75. The average Bonchev–Trinajstić information content (AvgIpc) is 3.21. The van der Waals surface area contributed by atoms with Gasteiger partial charge in [0, 0.05) is 13.0 Å². The summed E-state index contributed by atoms with van der Waals surface area (Å²) >= 11 is 0. The lowest BCUT2D eigenvalue weighted by atomic mass is 10.1. The summed E-state index contributed by atoms with van der Waals surface area (Å²) in [5.41, 5.74) is 0. The lowest BCUT2D eigenvalue weighted by Crippen LogP contribution is -2.34. The van der Waals surface area contributed by atoms with Crippen LogP contribution in [-0.4, -0.2) is 38.3 Å². The third-order valence-corrected chi connectivity index (χ3v) is 4.02. The summed E-state index contributed by atoms with van der Waals surface area (Å²) in [7, 11) is 0. The van der Waals surface area contributed by atoms with Gasteiger partial charge in [-0.3, -0.25) is 4.79 Å². The van der Waals surface area contributed by atoms with Gasteiger partial charge in [0.05, 0.1) is 12.7 Å². The first-order chi connectivity index (χ1) is 8.75. The molecule has 0 spiro atoms. The van der Waals surface area contributed by atoms with Crippen molar-refractivity contribution in [3.05, 3.63) is 0 Å². The maximum Gasteiger partial charge on any atom is 0.222 e. The molecule has 0 radical (unpaired) electrons. The minimum Gasteiger partial charge on any atom is -0.378 e. The fourth-order valence-corrected chi connectivity index (χ4v) is 2.48. The summed E-state index contributed by atoms with van der Waals surface area (Å²) in [4.78, 5) is 11.6. The number of ether oxygens (including phenoxy) is 1. The lowest BCUT2D eigenvalue weighted by Gasteiger charge is -2.22. The molecule has 1 atom stereocenters. The molecule has 1 amide bonds. The molecule has 0 aromatic heterocycles. The second-order valence-electron chi connectivity index (χ2n) is 5.69. The van der Waals surface area contributed by atoms with Crippen LogP contribution in [0.3, 0.4) is 0 Å². The molecule has 2 N–H and O–H groups in total. The van der Waals surface area contributed by atoms with E-state index in [-0.39, 0.29) is 5.91 Å². The summed E-state index contributed by atoms with van der Waals surface area (Å²) < 4.78 is 5.72. The van der Waals surface area contributed by atoms with Crippen molar-refractivity contribution in [1.29, 1.82) is 0 Å². The first kappa shape index (κ1) is 13.8. The molecule has 4 nitrogen and oxygen atoms in total. The number of carbonyl (C=O) groups excluding carboxylic acids is 1. The summed E-state index contributed by atoms with van der Waals surface area (Å²) in [6.07, 6.45) is 5.68. The Labute approximate surface area is 110 Å². The second kappa shape index (κ2) is 7.10. The molecule has 2 fully saturated rings. The van der Waals surface area contributed by atoms with E-state index in [2.05, 4.69) is 17.6 Å². The first-order valence-corrected chi connectivity index (χ1v) is 7.34. The van der Waals surface area contributed by atoms with Crippen molar-refractivity contribution < 1.29 is 9.53 Å². The standard InChI is InChI=1S/C14H26N2O2/c1-11(12-2-3-12)10-16-14(17)6-9-18-13-4-7-15-8-5-13/h11-13,15H,2-10H2,1H3,(H,16,17). The van der Waals surface area contributed by atoms with Crippen LogP contribution in [0.15, 0.2) is 0 Å². The quantitative estimate of drug-likeness (QED) is 0.720. The Balaban J connectivity index is 1.48. The fourth-order valence-electron chi connectivity index (χ4n) is 2.48. The Morgan fingerprint density at radius 1 is 1.33 bits per heavy atom. The van der Waals surface area contributed by atoms with Crippen molar-refractivity contribution in [1.82, 2.24) is 10.6 Å². The summed E-state index contributed by atoms with van der Waals surface area (Å²) in [6.45, 7) is 5.69. The van der Waals surface area contributed by atoms with E-state index < -0.39 is 0 Å². The van der Waals surface area contributed by atoms with Crippen molar-refractivity contribution in [3.8, 4) is 0 Å². The van der Waals surface area contributed by atoms with E-state index in [1.54, 1.807) is 0 Å². The van der Waals surface area contributed by atoms with Gasteiger partial charge in [0.1, 0.15) is 0 Å². The third-order valence-electron chi connectivity index (χ3n) is 4.02. The summed E-state index contributed by atoms with van der Waals surface area (Å²) in [5, 5.41) is 6.31. The molecular weight excluding hydrogens is 228 g/mol. The van der Waals surface area contributed by atoms with Crippen molar-refractivity contribution >= 4 is 5.91 Å². The van der Waals surface area contributed by atoms with Crippen LogP contribution in [0.2, 0.25) is 0 Å². The Hall–Kier alpha value is -0.610. The van der Waals surface area contributed by atoms with E-state index in [0.717, 1.165) is 38.4 Å². The SMILES string of the molecule is CC(CNC(=O)CCOC1CCNCC1)C1CC1. The molecule has 1 heterocycles. The van der Waals surface area contributed by atoms with Gasteiger partial charge in [-0.2, -0.15) is 0 Å².